The lowest BCUT2D eigenvalue weighted by Gasteiger charge is -2.19. The number of aliphatic imine (C=N–C) groups is 1. The Balaban J connectivity index is 1.47. The van der Waals surface area contributed by atoms with Gasteiger partial charge in [0.1, 0.15) is 0 Å². The predicted octanol–water partition coefficient (Wildman–Crippen LogP) is 6.31. The van der Waals surface area contributed by atoms with Crippen molar-refractivity contribution in [3.05, 3.63) is 84.4 Å². The van der Waals surface area contributed by atoms with Crippen LogP contribution in [-0.4, -0.2) is 32.0 Å². The Kier molecular flexibility index (Phi) is 5.77. The monoisotopic (exact) mass is 442 g/mol. The maximum absolute atomic E-state index is 13.0. The van der Waals surface area contributed by atoms with Gasteiger partial charge in [-0.15, -0.1) is 0 Å². The minimum absolute atomic E-state index is 0.342. The molecule has 0 spiro atoms. The number of hydrogen-bond donors (Lipinski definition) is 0. The summed E-state index contributed by atoms with van der Waals surface area (Å²) in [6.07, 6.45) is 5.95. The van der Waals surface area contributed by atoms with Crippen molar-refractivity contribution in [2.45, 2.75) is 30.6 Å². The Morgan fingerprint density at radius 1 is 0.719 bits per heavy atom. The van der Waals surface area contributed by atoms with E-state index in [-0.39, 0.29) is 0 Å². The van der Waals surface area contributed by atoms with E-state index < -0.39 is 10.0 Å². The van der Waals surface area contributed by atoms with Crippen molar-refractivity contribution in [3.63, 3.8) is 0 Å². The molecule has 0 atom stereocenters. The first-order valence-electron chi connectivity index (χ1n) is 11.2. The van der Waals surface area contributed by atoms with Crippen LogP contribution in [0.1, 0.15) is 31.2 Å². The van der Waals surface area contributed by atoms with Crippen LogP contribution in [0.5, 0.6) is 0 Å². The molecule has 1 aliphatic heterocycles. The van der Waals surface area contributed by atoms with Gasteiger partial charge < -0.3 is 0 Å². The molecule has 5 rings (SSSR count). The second kappa shape index (κ2) is 8.85. The normalized spacial score (nSPS) is 16.0. The van der Waals surface area contributed by atoms with Gasteiger partial charge in [0.25, 0.3) is 0 Å². The molecule has 0 bridgehead atoms. The van der Waals surface area contributed by atoms with Gasteiger partial charge in [-0.2, -0.15) is 4.31 Å². The highest BCUT2D eigenvalue weighted by Crippen LogP contribution is 2.28. The highest BCUT2D eigenvalue weighted by molar-refractivity contribution is 7.89. The molecule has 0 unspecified atom stereocenters. The molecular formula is C27H26N2O2S. The van der Waals surface area contributed by atoms with Crippen molar-refractivity contribution in [2.24, 2.45) is 4.99 Å². The zero-order valence-corrected chi connectivity index (χ0v) is 18.8. The van der Waals surface area contributed by atoms with Crippen molar-refractivity contribution < 1.29 is 8.42 Å². The molecule has 0 N–H and O–H groups in total. The summed E-state index contributed by atoms with van der Waals surface area (Å²) < 4.78 is 27.6. The minimum atomic E-state index is -3.45. The lowest BCUT2D eigenvalue weighted by Crippen LogP contribution is -2.31. The van der Waals surface area contributed by atoms with Gasteiger partial charge in [-0.1, -0.05) is 61.4 Å². The van der Waals surface area contributed by atoms with Crippen LogP contribution in [0.3, 0.4) is 0 Å². The Hall–Kier alpha value is -3.02. The predicted molar refractivity (Wildman–Crippen MR) is 132 cm³/mol. The van der Waals surface area contributed by atoms with Crippen LogP contribution >= 0.6 is 0 Å². The molecule has 4 nitrogen and oxygen atoms in total. The number of nitrogens with zero attached hydrogens (tertiary/aromatic N) is 2. The lowest BCUT2D eigenvalue weighted by atomic mass is 9.97. The Morgan fingerprint density at radius 2 is 1.28 bits per heavy atom. The molecule has 4 aromatic carbocycles. The standard InChI is InChI=1S/C27H26N2O2S/c30-32(31,29-17-7-1-2-8-18-29)24-15-13-23(14-16-24)28-20-27-25-11-5-3-9-21(25)19-22-10-4-6-12-26(22)27/h3-6,9-16,19-20H,1-2,7-8,17-18H2. The SMILES string of the molecule is O=S(=O)(c1ccc(N=Cc2c3ccccc3cc3ccccc23)cc1)N1CCCCCC1. The van der Waals surface area contributed by atoms with Gasteiger partial charge in [-0.05, 0) is 64.7 Å². The van der Waals surface area contributed by atoms with Gasteiger partial charge in [0.2, 0.25) is 10.0 Å². The van der Waals surface area contributed by atoms with E-state index in [2.05, 4.69) is 30.3 Å². The highest BCUT2D eigenvalue weighted by atomic mass is 32.2. The second-order valence-electron chi connectivity index (χ2n) is 8.30. The first-order chi connectivity index (χ1) is 15.6. The van der Waals surface area contributed by atoms with E-state index in [0.717, 1.165) is 47.7 Å². The van der Waals surface area contributed by atoms with Crippen LogP contribution in [0.2, 0.25) is 0 Å². The molecule has 162 valence electrons. The smallest absolute Gasteiger partial charge is 0.243 e. The van der Waals surface area contributed by atoms with E-state index in [9.17, 15) is 8.42 Å². The molecule has 0 aromatic heterocycles. The average molecular weight is 443 g/mol. The third-order valence-electron chi connectivity index (χ3n) is 6.20. The molecule has 1 saturated heterocycles. The van der Waals surface area contributed by atoms with Gasteiger partial charge in [0, 0.05) is 24.9 Å². The zero-order chi connectivity index (χ0) is 22.0. The summed E-state index contributed by atoms with van der Waals surface area (Å²) in [5.74, 6) is 0. The topological polar surface area (TPSA) is 49.7 Å². The lowest BCUT2D eigenvalue weighted by molar-refractivity contribution is 0.424. The molecule has 0 radical (unpaired) electrons. The van der Waals surface area contributed by atoms with Crippen LogP contribution < -0.4 is 0 Å². The maximum atomic E-state index is 13.0. The molecule has 32 heavy (non-hydrogen) atoms. The number of fused-ring (bicyclic) bond motifs is 2. The first-order valence-corrected chi connectivity index (χ1v) is 12.6. The average Bonchev–Trinajstić information content (AvgIpc) is 3.12. The fourth-order valence-electron chi connectivity index (χ4n) is 4.46. The van der Waals surface area contributed by atoms with Gasteiger partial charge >= 0.3 is 0 Å². The second-order valence-corrected chi connectivity index (χ2v) is 10.2. The number of hydrogen-bond acceptors (Lipinski definition) is 3. The fourth-order valence-corrected chi connectivity index (χ4v) is 5.98. The summed E-state index contributed by atoms with van der Waals surface area (Å²) in [5, 5.41) is 4.64. The molecule has 0 amide bonds. The third-order valence-corrected chi connectivity index (χ3v) is 8.11. The van der Waals surface area contributed by atoms with Crippen molar-refractivity contribution in [3.8, 4) is 0 Å². The number of rotatable bonds is 4. The Bertz CT molecular complexity index is 1330. The zero-order valence-electron chi connectivity index (χ0n) is 17.9. The molecule has 4 aromatic rings. The third kappa shape index (κ3) is 4.06. The van der Waals surface area contributed by atoms with E-state index in [0.29, 0.717) is 18.0 Å². The van der Waals surface area contributed by atoms with Gasteiger partial charge in [-0.3, -0.25) is 4.99 Å². The summed E-state index contributed by atoms with van der Waals surface area (Å²) in [5.41, 5.74) is 1.80. The first kappa shape index (κ1) is 20.9. The van der Waals surface area contributed by atoms with Crippen molar-refractivity contribution >= 4 is 43.5 Å². The Morgan fingerprint density at radius 3 is 1.88 bits per heavy atom. The van der Waals surface area contributed by atoms with Crippen molar-refractivity contribution in [2.75, 3.05) is 13.1 Å². The van der Waals surface area contributed by atoms with Gasteiger partial charge in [0.05, 0.1) is 10.6 Å². The molecule has 0 saturated carbocycles. The van der Waals surface area contributed by atoms with Crippen LogP contribution in [0.15, 0.2) is 88.8 Å². The van der Waals surface area contributed by atoms with Crippen molar-refractivity contribution in [1.29, 1.82) is 0 Å². The molecule has 1 heterocycles. The van der Waals surface area contributed by atoms with E-state index in [1.807, 2.05) is 30.5 Å². The van der Waals surface area contributed by atoms with Crippen LogP contribution in [0, 0.1) is 0 Å². The molecule has 1 aliphatic rings. The van der Waals surface area contributed by atoms with E-state index in [1.165, 1.54) is 10.8 Å². The summed E-state index contributed by atoms with van der Waals surface area (Å²) >= 11 is 0. The van der Waals surface area contributed by atoms with Gasteiger partial charge in [-0.25, -0.2) is 8.42 Å². The largest absolute Gasteiger partial charge is 0.256 e. The summed E-state index contributed by atoms with van der Waals surface area (Å²) in [6.45, 7) is 1.22. The van der Waals surface area contributed by atoms with E-state index >= 15 is 0 Å². The maximum Gasteiger partial charge on any atom is 0.243 e. The molecule has 5 heteroatoms. The summed E-state index contributed by atoms with van der Waals surface area (Å²) in [4.78, 5) is 5.04. The Labute approximate surface area is 189 Å². The highest BCUT2D eigenvalue weighted by Gasteiger charge is 2.24. The molecular weight excluding hydrogens is 416 g/mol. The minimum Gasteiger partial charge on any atom is -0.256 e. The number of sulfonamides is 1. The summed E-state index contributed by atoms with van der Waals surface area (Å²) in [7, 11) is -3.45. The quantitative estimate of drug-likeness (QED) is 0.275. The fraction of sp³-hybridized carbons (Fsp3) is 0.222. The van der Waals surface area contributed by atoms with E-state index in [4.69, 9.17) is 4.99 Å². The van der Waals surface area contributed by atoms with E-state index in [1.54, 1.807) is 28.6 Å². The molecule has 0 aliphatic carbocycles. The van der Waals surface area contributed by atoms with Crippen LogP contribution in [0.25, 0.3) is 21.5 Å². The van der Waals surface area contributed by atoms with Crippen LogP contribution in [0.4, 0.5) is 5.69 Å². The number of benzene rings is 4. The molecule has 1 fully saturated rings. The van der Waals surface area contributed by atoms with Crippen molar-refractivity contribution in [1.82, 2.24) is 4.31 Å². The van der Waals surface area contributed by atoms with Crippen LogP contribution in [-0.2, 0) is 10.0 Å². The van der Waals surface area contributed by atoms with Gasteiger partial charge in [0.15, 0.2) is 0 Å². The summed E-state index contributed by atoms with van der Waals surface area (Å²) in [6, 6.07) is 25.7.